The van der Waals surface area contributed by atoms with Crippen LogP contribution in [0.15, 0.2) is 18.2 Å². The Morgan fingerprint density at radius 2 is 2.05 bits per heavy atom. The number of nitrogens with one attached hydrogen (secondary N) is 1. The van der Waals surface area contributed by atoms with E-state index in [0.29, 0.717) is 12.0 Å². The minimum absolute atomic E-state index is 0.655. The van der Waals surface area contributed by atoms with E-state index >= 15 is 0 Å². The summed E-state index contributed by atoms with van der Waals surface area (Å²) in [5.41, 5.74) is 2.57. The molecule has 1 nitrogen and oxygen atoms in total. The first-order valence-electron chi connectivity index (χ1n) is 8.49. The largest absolute Gasteiger partial charge is 0.314 e. The molecule has 1 aliphatic rings. The molecule has 1 fully saturated rings. The highest BCUT2D eigenvalue weighted by atomic mass is 35.5. The van der Waals surface area contributed by atoms with Gasteiger partial charge >= 0.3 is 0 Å². The van der Waals surface area contributed by atoms with Crippen molar-refractivity contribution >= 4 is 11.6 Å². The standard InChI is InChI=1S/C19H30ClN/c1-5-21-19-9-8-15(13(2)3)11-17(19)12-16-7-6-14(4)10-18(16)20/h6-7,10,13,15,17,19,21H,5,8-9,11-12H2,1-4H3. The van der Waals surface area contributed by atoms with Crippen molar-refractivity contribution in [2.45, 2.75) is 59.4 Å². The van der Waals surface area contributed by atoms with Crippen LogP contribution in [0.1, 0.15) is 51.2 Å². The lowest BCUT2D eigenvalue weighted by Gasteiger charge is -2.38. The molecule has 3 atom stereocenters. The third kappa shape index (κ3) is 4.47. The monoisotopic (exact) mass is 307 g/mol. The van der Waals surface area contributed by atoms with Crippen molar-refractivity contribution in [2.24, 2.45) is 17.8 Å². The van der Waals surface area contributed by atoms with Crippen molar-refractivity contribution in [1.29, 1.82) is 0 Å². The fourth-order valence-corrected chi connectivity index (χ4v) is 4.07. The second kappa shape index (κ2) is 7.65. The third-order valence-electron chi connectivity index (χ3n) is 5.12. The number of hydrogen-bond donors (Lipinski definition) is 1. The molecule has 0 bridgehead atoms. The van der Waals surface area contributed by atoms with E-state index < -0.39 is 0 Å². The summed E-state index contributed by atoms with van der Waals surface area (Å²) >= 11 is 6.45. The minimum atomic E-state index is 0.655. The molecule has 2 rings (SSSR count). The SMILES string of the molecule is CCNC1CCC(C(C)C)CC1Cc1ccc(C)cc1Cl. The smallest absolute Gasteiger partial charge is 0.0440 e. The number of benzene rings is 1. The van der Waals surface area contributed by atoms with Crippen LogP contribution in [0.2, 0.25) is 5.02 Å². The zero-order valence-electron chi connectivity index (χ0n) is 14.0. The van der Waals surface area contributed by atoms with E-state index in [-0.39, 0.29) is 0 Å². The molecule has 1 aromatic carbocycles. The van der Waals surface area contributed by atoms with Gasteiger partial charge in [-0.25, -0.2) is 0 Å². The Morgan fingerprint density at radius 3 is 2.67 bits per heavy atom. The molecule has 1 aliphatic carbocycles. The predicted molar refractivity (Wildman–Crippen MR) is 93.0 cm³/mol. The Bertz CT molecular complexity index is 455. The summed E-state index contributed by atoms with van der Waals surface area (Å²) in [7, 11) is 0. The van der Waals surface area contributed by atoms with Gasteiger partial charge in [-0.05, 0) is 74.1 Å². The molecule has 21 heavy (non-hydrogen) atoms. The summed E-state index contributed by atoms with van der Waals surface area (Å²) in [6.07, 6.45) is 5.12. The van der Waals surface area contributed by atoms with Gasteiger partial charge in [0.25, 0.3) is 0 Å². The van der Waals surface area contributed by atoms with Crippen LogP contribution in [-0.4, -0.2) is 12.6 Å². The highest BCUT2D eigenvalue weighted by Gasteiger charge is 2.31. The molecule has 0 heterocycles. The second-order valence-corrected chi connectivity index (χ2v) is 7.45. The number of rotatable bonds is 5. The van der Waals surface area contributed by atoms with Crippen LogP contribution in [0.5, 0.6) is 0 Å². The fourth-order valence-electron chi connectivity index (χ4n) is 3.76. The van der Waals surface area contributed by atoms with Crippen LogP contribution in [-0.2, 0) is 6.42 Å². The molecular formula is C19H30ClN. The summed E-state index contributed by atoms with van der Waals surface area (Å²) in [5.74, 6) is 2.38. The lowest BCUT2D eigenvalue weighted by Crippen LogP contribution is -2.42. The zero-order chi connectivity index (χ0) is 15.4. The Hall–Kier alpha value is -0.530. The average molecular weight is 308 g/mol. The normalized spacial score (nSPS) is 26.3. The summed E-state index contributed by atoms with van der Waals surface area (Å²) < 4.78 is 0. The highest BCUT2D eigenvalue weighted by molar-refractivity contribution is 6.31. The molecule has 3 unspecified atom stereocenters. The average Bonchev–Trinajstić information content (AvgIpc) is 2.43. The van der Waals surface area contributed by atoms with Gasteiger partial charge in [0, 0.05) is 11.1 Å². The number of aryl methyl sites for hydroxylation is 1. The van der Waals surface area contributed by atoms with E-state index in [9.17, 15) is 0 Å². The van der Waals surface area contributed by atoms with Gasteiger partial charge in [-0.1, -0.05) is 44.5 Å². The molecule has 0 aliphatic heterocycles. The first kappa shape index (κ1) is 16.8. The molecule has 0 amide bonds. The third-order valence-corrected chi connectivity index (χ3v) is 5.47. The van der Waals surface area contributed by atoms with Crippen molar-refractivity contribution in [2.75, 3.05) is 6.54 Å². The van der Waals surface area contributed by atoms with Gasteiger partial charge in [-0.3, -0.25) is 0 Å². The van der Waals surface area contributed by atoms with Crippen LogP contribution < -0.4 is 5.32 Å². The molecule has 0 aromatic heterocycles. The minimum Gasteiger partial charge on any atom is -0.314 e. The molecule has 0 spiro atoms. The first-order chi connectivity index (χ1) is 10.0. The summed E-state index contributed by atoms with van der Waals surface area (Å²) in [6.45, 7) is 10.1. The zero-order valence-corrected chi connectivity index (χ0v) is 14.7. The van der Waals surface area contributed by atoms with E-state index in [0.717, 1.165) is 29.8 Å². The maximum Gasteiger partial charge on any atom is 0.0440 e. The molecule has 0 radical (unpaired) electrons. The Morgan fingerprint density at radius 1 is 1.29 bits per heavy atom. The quantitative estimate of drug-likeness (QED) is 0.784. The van der Waals surface area contributed by atoms with E-state index in [1.54, 1.807) is 0 Å². The van der Waals surface area contributed by atoms with Crippen molar-refractivity contribution in [3.63, 3.8) is 0 Å². The van der Waals surface area contributed by atoms with E-state index in [1.807, 2.05) is 0 Å². The van der Waals surface area contributed by atoms with Gasteiger partial charge in [0.15, 0.2) is 0 Å². The van der Waals surface area contributed by atoms with E-state index in [1.165, 1.54) is 30.4 Å². The van der Waals surface area contributed by atoms with Gasteiger partial charge in [0.05, 0.1) is 0 Å². The van der Waals surface area contributed by atoms with Gasteiger partial charge in [0.2, 0.25) is 0 Å². The summed E-state index contributed by atoms with van der Waals surface area (Å²) in [6, 6.07) is 7.16. The van der Waals surface area contributed by atoms with Gasteiger partial charge < -0.3 is 5.32 Å². The second-order valence-electron chi connectivity index (χ2n) is 7.04. The van der Waals surface area contributed by atoms with Crippen molar-refractivity contribution < 1.29 is 0 Å². The van der Waals surface area contributed by atoms with Crippen LogP contribution >= 0.6 is 11.6 Å². The molecule has 1 saturated carbocycles. The fraction of sp³-hybridized carbons (Fsp3) is 0.684. The Balaban J connectivity index is 2.11. The molecule has 1 N–H and O–H groups in total. The summed E-state index contributed by atoms with van der Waals surface area (Å²) in [5, 5.41) is 4.64. The van der Waals surface area contributed by atoms with Crippen LogP contribution in [0.3, 0.4) is 0 Å². The Kier molecular flexibility index (Phi) is 6.13. The van der Waals surface area contributed by atoms with Crippen LogP contribution in [0.25, 0.3) is 0 Å². The van der Waals surface area contributed by atoms with Gasteiger partial charge in [-0.2, -0.15) is 0 Å². The van der Waals surface area contributed by atoms with Gasteiger partial charge in [-0.15, -0.1) is 0 Å². The molecule has 1 aromatic rings. The van der Waals surface area contributed by atoms with Crippen LogP contribution in [0, 0.1) is 24.7 Å². The topological polar surface area (TPSA) is 12.0 Å². The van der Waals surface area contributed by atoms with E-state index in [4.69, 9.17) is 11.6 Å². The maximum absolute atomic E-state index is 6.45. The van der Waals surface area contributed by atoms with Crippen molar-refractivity contribution in [3.05, 3.63) is 34.3 Å². The molecule has 0 saturated heterocycles. The van der Waals surface area contributed by atoms with Crippen molar-refractivity contribution in [1.82, 2.24) is 5.32 Å². The van der Waals surface area contributed by atoms with Crippen LogP contribution in [0.4, 0.5) is 0 Å². The Labute approximate surface area is 135 Å². The van der Waals surface area contributed by atoms with Gasteiger partial charge in [0.1, 0.15) is 0 Å². The number of halogens is 1. The lowest BCUT2D eigenvalue weighted by atomic mass is 9.71. The predicted octanol–water partition coefficient (Wildman–Crippen LogP) is 5.24. The maximum atomic E-state index is 6.45. The van der Waals surface area contributed by atoms with Crippen molar-refractivity contribution in [3.8, 4) is 0 Å². The van der Waals surface area contributed by atoms with E-state index in [2.05, 4.69) is 51.2 Å². The molecule has 118 valence electrons. The lowest BCUT2D eigenvalue weighted by molar-refractivity contribution is 0.169. The first-order valence-corrected chi connectivity index (χ1v) is 8.87. The highest BCUT2D eigenvalue weighted by Crippen LogP contribution is 2.36. The number of hydrogen-bond acceptors (Lipinski definition) is 1. The molecule has 2 heteroatoms. The molecular weight excluding hydrogens is 278 g/mol. The summed E-state index contributed by atoms with van der Waals surface area (Å²) in [4.78, 5) is 0.